The van der Waals surface area contributed by atoms with Crippen molar-refractivity contribution in [1.82, 2.24) is 0 Å². The summed E-state index contributed by atoms with van der Waals surface area (Å²) >= 11 is 7.23. The molecule has 0 aromatic heterocycles. The number of unbranched alkanes of at least 4 members (excludes halogenated alkanes) is 2. The zero-order chi connectivity index (χ0) is 34.0. The fourth-order valence-electron chi connectivity index (χ4n) is 7.76. The van der Waals surface area contributed by atoms with E-state index in [2.05, 4.69) is 162 Å². The molecule has 4 rings (SSSR count). The summed E-state index contributed by atoms with van der Waals surface area (Å²) in [6.45, 7) is 7.21. The fourth-order valence-corrected chi connectivity index (χ4v) is 8.68. The van der Waals surface area contributed by atoms with E-state index in [1.165, 1.54) is 97.6 Å². The predicted octanol–water partition coefficient (Wildman–Crippen LogP) is 14.6. The fraction of sp³-hybridized carbons (Fsp3) is 0.478. The van der Waals surface area contributed by atoms with Gasteiger partial charge in [-0.05, 0) is 108 Å². The molecule has 5 unspecified atom stereocenters. The molecule has 0 amide bonds. The lowest BCUT2D eigenvalue weighted by atomic mass is 9.78. The van der Waals surface area contributed by atoms with Crippen LogP contribution < -0.4 is 0 Å². The highest BCUT2D eigenvalue weighted by atomic mass is 79.9. The van der Waals surface area contributed by atoms with Crippen molar-refractivity contribution in [1.29, 1.82) is 0 Å². The molecule has 0 heterocycles. The van der Waals surface area contributed by atoms with Crippen molar-refractivity contribution in [2.45, 2.75) is 121 Å². The van der Waals surface area contributed by atoms with Gasteiger partial charge in [-0.25, -0.2) is 0 Å². The van der Waals surface area contributed by atoms with Gasteiger partial charge >= 0.3 is 0 Å². The quantitative estimate of drug-likeness (QED) is 0.0551. The lowest BCUT2D eigenvalue weighted by Crippen LogP contribution is -2.11. The highest BCUT2D eigenvalue weighted by Crippen LogP contribution is 2.38. The van der Waals surface area contributed by atoms with E-state index in [1.807, 2.05) is 0 Å². The number of aryl methyl sites for hydroxylation is 2. The van der Waals surface area contributed by atoms with E-state index in [4.69, 9.17) is 0 Å². The summed E-state index contributed by atoms with van der Waals surface area (Å²) in [6, 6.07) is 41.5. The van der Waals surface area contributed by atoms with Crippen molar-refractivity contribution in [2.24, 2.45) is 5.92 Å². The van der Waals surface area contributed by atoms with E-state index >= 15 is 0 Å². The Balaban J connectivity index is 1.37. The van der Waals surface area contributed by atoms with Gasteiger partial charge < -0.3 is 0 Å². The Labute approximate surface area is 310 Å². The molecule has 5 atom stereocenters. The number of alkyl halides is 2. The molecule has 0 spiro atoms. The number of hydrogen-bond acceptors (Lipinski definition) is 0. The van der Waals surface area contributed by atoms with Crippen LogP contribution in [0.5, 0.6) is 0 Å². The first-order valence-corrected chi connectivity index (χ1v) is 21.2. The molecule has 0 aliphatic heterocycles. The van der Waals surface area contributed by atoms with E-state index in [0.29, 0.717) is 23.7 Å². The van der Waals surface area contributed by atoms with Crippen LogP contribution in [0.3, 0.4) is 0 Å². The van der Waals surface area contributed by atoms with Gasteiger partial charge in [0.2, 0.25) is 0 Å². The van der Waals surface area contributed by atoms with E-state index < -0.39 is 0 Å². The van der Waals surface area contributed by atoms with Crippen LogP contribution in [0.25, 0.3) is 0 Å². The van der Waals surface area contributed by atoms with Crippen LogP contribution in [-0.2, 0) is 12.8 Å². The Kier molecular flexibility index (Phi) is 17.6. The molecule has 2 heteroatoms. The van der Waals surface area contributed by atoms with Gasteiger partial charge in [-0.3, -0.25) is 0 Å². The zero-order valence-electron chi connectivity index (χ0n) is 29.9. The van der Waals surface area contributed by atoms with Crippen LogP contribution in [0.1, 0.15) is 142 Å². The molecule has 0 fully saturated rings. The van der Waals surface area contributed by atoms with E-state index in [1.54, 1.807) is 0 Å². The molecule has 0 aliphatic carbocycles. The zero-order valence-corrected chi connectivity index (χ0v) is 33.1. The normalized spacial score (nSPS) is 14.7. The molecule has 0 bridgehead atoms. The minimum Gasteiger partial charge on any atom is -0.0924 e. The van der Waals surface area contributed by atoms with Gasteiger partial charge in [-0.1, -0.05) is 194 Å². The summed E-state index contributed by atoms with van der Waals surface area (Å²) < 4.78 is 0. The van der Waals surface area contributed by atoms with Crippen molar-refractivity contribution in [3.8, 4) is 0 Å². The largest absolute Gasteiger partial charge is 0.0924 e. The van der Waals surface area contributed by atoms with Crippen molar-refractivity contribution in [3.05, 3.63) is 143 Å². The number of rotatable bonds is 22. The third-order valence-electron chi connectivity index (χ3n) is 10.9. The van der Waals surface area contributed by atoms with Gasteiger partial charge in [0.05, 0.1) is 0 Å². The van der Waals surface area contributed by atoms with Crippen molar-refractivity contribution in [3.63, 3.8) is 0 Å². The Bertz CT molecular complexity index is 1380. The average molecular weight is 773 g/mol. The summed E-state index contributed by atoms with van der Waals surface area (Å²) in [7, 11) is 0. The maximum absolute atomic E-state index is 3.62. The standard InChI is InChI=1S/C46H60Br2/c1-4-37(34-46(33-36(3)41-16-10-7-11-17-41)44-27-23-39(24-28-44)30-32-48)15-9-6-14-20-45(43-25-21-38(22-26-43)29-31-47)35-40(5-2)42-18-12-8-13-19-42/h7-8,10-13,16-19,21-28,36-37,40,45-46H,4-6,9,14-15,20,29-35H2,1-3H3. The average Bonchev–Trinajstić information content (AvgIpc) is 3.13. The van der Waals surface area contributed by atoms with Crippen molar-refractivity contribution >= 4 is 31.9 Å². The minimum atomic E-state index is 0.559. The maximum Gasteiger partial charge on any atom is 0.00718 e. The summed E-state index contributed by atoms with van der Waals surface area (Å²) in [5.41, 5.74) is 8.90. The summed E-state index contributed by atoms with van der Waals surface area (Å²) in [5, 5.41) is 2.05. The molecule has 4 aromatic rings. The Hall–Kier alpha value is -2.16. The molecule has 0 saturated heterocycles. The van der Waals surface area contributed by atoms with Crippen molar-refractivity contribution < 1.29 is 0 Å². The third kappa shape index (κ3) is 12.6. The summed E-state index contributed by atoms with van der Waals surface area (Å²) in [6.07, 6.45) is 15.1. The van der Waals surface area contributed by atoms with Crippen LogP contribution in [0.4, 0.5) is 0 Å². The second-order valence-electron chi connectivity index (χ2n) is 14.2. The topological polar surface area (TPSA) is 0 Å². The lowest BCUT2D eigenvalue weighted by molar-refractivity contribution is 0.359. The Morgan fingerprint density at radius 3 is 1.48 bits per heavy atom. The van der Waals surface area contributed by atoms with E-state index in [-0.39, 0.29) is 0 Å². The van der Waals surface area contributed by atoms with Gasteiger partial charge in [-0.15, -0.1) is 0 Å². The van der Waals surface area contributed by atoms with Gasteiger partial charge in [-0.2, -0.15) is 0 Å². The van der Waals surface area contributed by atoms with Crippen molar-refractivity contribution in [2.75, 3.05) is 10.7 Å². The second-order valence-corrected chi connectivity index (χ2v) is 15.8. The molecular weight excluding hydrogens is 712 g/mol. The van der Waals surface area contributed by atoms with E-state index in [0.717, 1.165) is 29.4 Å². The van der Waals surface area contributed by atoms with Crippen LogP contribution in [0, 0.1) is 5.92 Å². The van der Waals surface area contributed by atoms with Gasteiger partial charge in [0.25, 0.3) is 0 Å². The number of halogens is 2. The van der Waals surface area contributed by atoms with E-state index in [9.17, 15) is 0 Å². The highest BCUT2D eigenvalue weighted by molar-refractivity contribution is 9.09. The van der Waals surface area contributed by atoms with Gasteiger partial charge in [0.1, 0.15) is 0 Å². The molecule has 0 nitrogen and oxygen atoms in total. The monoisotopic (exact) mass is 770 g/mol. The Morgan fingerprint density at radius 2 is 0.958 bits per heavy atom. The van der Waals surface area contributed by atoms with Gasteiger partial charge in [0.15, 0.2) is 0 Å². The number of benzene rings is 4. The number of hydrogen-bond donors (Lipinski definition) is 0. The van der Waals surface area contributed by atoms with Crippen LogP contribution in [0.2, 0.25) is 0 Å². The summed E-state index contributed by atoms with van der Waals surface area (Å²) in [5.74, 6) is 3.17. The third-order valence-corrected chi connectivity index (χ3v) is 11.7. The maximum atomic E-state index is 3.62. The second kappa shape index (κ2) is 21.8. The first kappa shape index (κ1) is 38.6. The molecule has 48 heavy (non-hydrogen) atoms. The van der Waals surface area contributed by atoms with Crippen LogP contribution in [0.15, 0.2) is 109 Å². The minimum absolute atomic E-state index is 0.559. The Morgan fingerprint density at radius 1 is 0.458 bits per heavy atom. The van der Waals surface area contributed by atoms with Crippen LogP contribution >= 0.6 is 31.9 Å². The first-order valence-electron chi connectivity index (χ1n) is 18.9. The first-order chi connectivity index (χ1) is 23.5. The smallest absolute Gasteiger partial charge is 0.00718 e. The molecular formula is C46H60Br2. The molecule has 0 aliphatic rings. The SMILES string of the molecule is CCC(CCCCCC(CC(CC)c1ccccc1)c1ccc(CCBr)cc1)CC(CC(C)c1ccccc1)c1ccc(CCBr)cc1. The van der Waals surface area contributed by atoms with Crippen LogP contribution in [-0.4, -0.2) is 10.7 Å². The molecule has 0 radical (unpaired) electrons. The molecule has 0 saturated carbocycles. The predicted molar refractivity (Wildman–Crippen MR) is 218 cm³/mol. The van der Waals surface area contributed by atoms with Gasteiger partial charge in [0, 0.05) is 10.7 Å². The lowest BCUT2D eigenvalue weighted by Gasteiger charge is -2.27. The molecule has 0 N–H and O–H groups in total. The molecule has 4 aromatic carbocycles. The molecule has 258 valence electrons. The highest BCUT2D eigenvalue weighted by Gasteiger charge is 2.22. The summed E-state index contributed by atoms with van der Waals surface area (Å²) in [4.78, 5) is 0.